The summed E-state index contributed by atoms with van der Waals surface area (Å²) in [7, 11) is 0. The molecule has 2 heterocycles. The first-order valence-electron chi connectivity index (χ1n) is 3.69. The van der Waals surface area contributed by atoms with Crippen LogP contribution in [-0.2, 0) is 16.5 Å². The van der Waals surface area contributed by atoms with Crippen LogP contribution in [0.1, 0.15) is 18.3 Å². The van der Waals surface area contributed by atoms with Gasteiger partial charge in [-0.25, -0.2) is 0 Å². The molecule has 6 heteroatoms. The predicted octanol–water partition coefficient (Wildman–Crippen LogP) is 1.67. The van der Waals surface area contributed by atoms with Gasteiger partial charge in [-0.05, 0) is 13.0 Å². The molecule has 1 saturated heterocycles. The Labute approximate surface area is 71.9 Å². The van der Waals surface area contributed by atoms with Crippen molar-refractivity contribution >= 4 is 0 Å². The van der Waals surface area contributed by atoms with Gasteiger partial charge in [-0.15, -0.1) is 0 Å². The van der Waals surface area contributed by atoms with Gasteiger partial charge < -0.3 is 4.74 Å². The van der Waals surface area contributed by atoms with Crippen molar-refractivity contribution in [2.24, 2.45) is 0 Å². The molecule has 1 unspecified atom stereocenters. The third kappa shape index (κ3) is 1.41. The molecule has 1 N–H and O–H groups in total. The van der Waals surface area contributed by atoms with Crippen molar-refractivity contribution in [1.82, 2.24) is 10.2 Å². The number of nitrogens with zero attached hydrogens (tertiary/aromatic N) is 1. The number of hydrogen-bond donors (Lipinski definition) is 1. The number of rotatable bonds is 1. The smallest absolute Gasteiger partial charge is 0.363 e. The minimum atomic E-state index is -4.39. The zero-order valence-corrected chi connectivity index (χ0v) is 6.77. The molecule has 1 fully saturated rings. The van der Waals surface area contributed by atoms with Crippen LogP contribution in [0.3, 0.4) is 0 Å². The van der Waals surface area contributed by atoms with Gasteiger partial charge in [0.2, 0.25) is 0 Å². The zero-order chi connectivity index (χ0) is 9.69. The Kier molecular flexibility index (Phi) is 1.48. The number of hydrogen-bond acceptors (Lipinski definition) is 2. The Morgan fingerprint density at radius 3 is 2.62 bits per heavy atom. The van der Waals surface area contributed by atoms with E-state index in [1.807, 2.05) is 0 Å². The third-order valence-electron chi connectivity index (χ3n) is 2.02. The van der Waals surface area contributed by atoms with Crippen LogP contribution in [0.25, 0.3) is 0 Å². The number of halogens is 3. The van der Waals surface area contributed by atoms with Gasteiger partial charge in [0.25, 0.3) is 0 Å². The predicted molar refractivity (Wildman–Crippen MR) is 36.9 cm³/mol. The van der Waals surface area contributed by atoms with E-state index in [0.29, 0.717) is 12.3 Å². The van der Waals surface area contributed by atoms with E-state index in [1.165, 1.54) is 0 Å². The number of epoxide rings is 1. The Hall–Kier alpha value is -1.04. The molecule has 0 saturated carbocycles. The highest BCUT2D eigenvalue weighted by molar-refractivity contribution is 5.20. The van der Waals surface area contributed by atoms with Crippen molar-refractivity contribution in [1.29, 1.82) is 0 Å². The van der Waals surface area contributed by atoms with Crippen molar-refractivity contribution in [2.75, 3.05) is 6.61 Å². The highest BCUT2D eigenvalue weighted by atomic mass is 19.4. The zero-order valence-electron chi connectivity index (χ0n) is 6.77. The van der Waals surface area contributed by atoms with Crippen molar-refractivity contribution in [2.45, 2.75) is 18.7 Å². The fourth-order valence-electron chi connectivity index (χ4n) is 1.00. The minimum Gasteiger partial charge on any atom is -0.363 e. The summed E-state index contributed by atoms with van der Waals surface area (Å²) >= 11 is 0. The maximum absolute atomic E-state index is 12.1. The minimum absolute atomic E-state index is 0.375. The average molecular weight is 192 g/mol. The Bertz CT molecular complexity index is 307. The summed E-state index contributed by atoms with van der Waals surface area (Å²) in [6.45, 7) is 2.15. The molecule has 1 aromatic rings. The van der Waals surface area contributed by atoms with E-state index in [2.05, 4.69) is 10.2 Å². The lowest BCUT2D eigenvalue weighted by Crippen LogP contribution is -2.05. The lowest BCUT2D eigenvalue weighted by atomic mass is 10.1. The highest BCUT2D eigenvalue weighted by Gasteiger charge is 2.45. The van der Waals surface area contributed by atoms with Gasteiger partial charge in [0.1, 0.15) is 5.60 Å². The van der Waals surface area contributed by atoms with Gasteiger partial charge in [-0.2, -0.15) is 18.3 Å². The largest absolute Gasteiger partial charge is 0.435 e. The first-order chi connectivity index (χ1) is 5.92. The second-order valence-corrected chi connectivity index (χ2v) is 3.18. The summed E-state index contributed by atoms with van der Waals surface area (Å²) in [5, 5.41) is 5.48. The van der Waals surface area contributed by atoms with Crippen LogP contribution < -0.4 is 0 Å². The molecule has 1 aliphatic rings. The summed E-state index contributed by atoms with van der Waals surface area (Å²) in [5.41, 5.74) is -1.12. The molecular formula is C7H7F3N2O. The third-order valence-corrected chi connectivity index (χ3v) is 2.02. The maximum Gasteiger partial charge on any atom is 0.435 e. The van der Waals surface area contributed by atoms with E-state index < -0.39 is 17.5 Å². The van der Waals surface area contributed by atoms with Crippen molar-refractivity contribution in [3.63, 3.8) is 0 Å². The van der Waals surface area contributed by atoms with Crippen LogP contribution >= 0.6 is 0 Å². The van der Waals surface area contributed by atoms with Gasteiger partial charge in [-0.3, -0.25) is 5.10 Å². The van der Waals surface area contributed by atoms with Crippen LogP contribution in [0.2, 0.25) is 0 Å². The fraction of sp³-hybridized carbons (Fsp3) is 0.571. The van der Waals surface area contributed by atoms with Crippen LogP contribution in [0.15, 0.2) is 6.07 Å². The molecule has 72 valence electrons. The number of nitrogens with one attached hydrogen (secondary N) is 1. The normalized spacial score (nSPS) is 27.7. The van der Waals surface area contributed by atoms with E-state index in [4.69, 9.17) is 4.74 Å². The quantitative estimate of drug-likeness (QED) is 0.687. The average Bonchev–Trinajstić information content (AvgIpc) is 2.60. The number of H-pyrrole nitrogens is 1. The molecule has 1 aromatic heterocycles. The molecule has 0 radical (unpaired) electrons. The van der Waals surface area contributed by atoms with Gasteiger partial charge in [0, 0.05) is 0 Å². The first-order valence-corrected chi connectivity index (χ1v) is 3.69. The molecule has 3 nitrogen and oxygen atoms in total. The van der Waals surface area contributed by atoms with Gasteiger partial charge in [0.15, 0.2) is 5.69 Å². The topological polar surface area (TPSA) is 41.2 Å². The molecule has 1 aliphatic heterocycles. The highest BCUT2D eigenvalue weighted by Crippen LogP contribution is 2.38. The molecule has 0 aromatic carbocycles. The molecule has 0 aliphatic carbocycles. The van der Waals surface area contributed by atoms with Crippen LogP contribution in [-0.4, -0.2) is 16.8 Å². The van der Waals surface area contributed by atoms with Gasteiger partial charge >= 0.3 is 6.18 Å². The number of aromatic amines is 1. The summed E-state index contributed by atoms with van der Waals surface area (Å²) in [6, 6.07) is 0.979. The number of aromatic nitrogens is 2. The van der Waals surface area contributed by atoms with E-state index in [-0.39, 0.29) is 0 Å². The summed E-state index contributed by atoms with van der Waals surface area (Å²) in [4.78, 5) is 0. The maximum atomic E-state index is 12.1. The molecule has 1 atom stereocenters. The fourth-order valence-corrected chi connectivity index (χ4v) is 1.00. The van der Waals surface area contributed by atoms with E-state index >= 15 is 0 Å². The first kappa shape index (κ1) is 8.55. The second kappa shape index (κ2) is 2.25. The van der Waals surface area contributed by atoms with Crippen molar-refractivity contribution < 1.29 is 17.9 Å². The van der Waals surface area contributed by atoms with E-state index in [0.717, 1.165) is 6.07 Å². The summed E-state index contributed by atoms with van der Waals surface area (Å²) in [5.74, 6) is 0. The molecule has 2 rings (SSSR count). The standard InChI is InChI=1S/C7H7F3N2O/c1-6(3-13-6)4-2-5(12-11-4)7(8,9)10/h2H,3H2,1H3,(H,11,12). The van der Waals surface area contributed by atoms with Crippen LogP contribution in [0.5, 0.6) is 0 Å². The Morgan fingerprint density at radius 2 is 2.23 bits per heavy atom. The second-order valence-electron chi connectivity index (χ2n) is 3.18. The van der Waals surface area contributed by atoms with Crippen LogP contribution in [0, 0.1) is 0 Å². The lowest BCUT2D eigenvalue weighted by Gasteiger charge is -1.99. The molecular weight excluding hydrogens is 185 g/mol. The monoisotopic (exact) mass is 192 g/mol. The summed E-state index contributed by atoms with van der Waals surface area (Å²) < 4.78 is 41.2. The molecule has 0 bridgehead atoms. The number of alkyl halides is 3. The Morgan fingerprint density at radius 1 is 1.62 bits per heavy atom. The molecule has 13 heavy (non-hydrogen) atoms. The summed E-state index contributed by atoms with van der Waals surface area (Å²) in [6.07, 6.45) is -4.39. The van der Waals surface area contributed by atoms with Crippen molar-refractivity contribution in [3.05, 3.63) is 17.5 Å². The van der Waals surface area contributed by atoms with Gasteiger partial charge in [0.05, 0.1) is 12.3 Å². The molecule has 0 amide bonds. The molecule has 0 spiro atoms. The van der Waals surface area contributed by atoms with E-state index in [9.17, 15) is 13.2 Å². The Balaban J connectivity index is 2.29. The van der Waals surface area contributed by atoms with E-state index in [1.54, 1.807) is 6.92 Å². The lowest BCUT2D eigenvalue weighted by molar-refractivity contribution is -0.141. The van der Waals surface area contributed by atoms with Crippen molar-refractivity contribution in [3.8, 4) is 0 Å². The number of ether oxygens (including phenoxy) is 1. The SMILES string of the molecule is CC1(c2cc(C(F)(F)F)n[nH]2)CO1. The van der Waals surface area contributed by atoms with Crippen LogP contribution in [0.4, 0.5) is 13.2 Å². The van der Waals surface area contributed by atoms with Gasteiger partial charge in [-0.1, -0.05) is 0 Å².